The van der Waals surface area contributed by atoms with E-state index >= 15 is 0 Å². The van der Waals surface area contributed by atoms with E-state index in [0.717, 1.165) is 4.47 Å². The van der Waals surface area contributed by atoms with Crippen LogP contribution >= 0.6 is 15.9 Å². The Hall–Kier alpha value is 0.284. The second-order valence-corrected chi connectivity index (χ2v) is 3.17. The minimum Gasteiger partial charge on any atom is -0.175 e. The zero-order chi connectivity index (χ0) is 7.68. The molecule has 2 heteroatoms. The van der Waals surface area contributed by atoms with E-state index in [1.807, 2.05) is 18.2 Å². The summed E-state index contributed by atoms with van der Waals surface area (Å²) in [4.78, 5) is 0. The third-order valence-corrected chi connectivity index (χ3v) is 2.33. The molecule has 0 heterocycles. The fourth-order valence-corrected chi connectivity index (χ4v) is 1.62. The van der Waals surface area contributed by atoms with Crippen molar-refractivity contribution in [2.45, 2.75) is 0 Å². The van der Waals surface area contributed by atoms with Crippen molar-refractivity contribution in [3.8, 4) is 0 Å². The van der Waals surface area contributed by atoms with E-state index in [4.69, 9.17) is 0 Å². The van der Waals surface area contributed by atoms with Crippen molar-refractivity contribution in [2.75, 3.05) is 0 Å². The molecule has 0 nitrogen and oxygen atoms in total. The van der Waals surface area contributed by atoms with Crippen LogP contribution in [0, 0.1) is 6.07 Å². The molecule has 0 aliphatic carbocycles. The number of hydrogen-bond acceptors (Lipinski definition) is 0. The summed E-state index contributed by atoms with van der Waals surface area (Å²) in [7, 11) is 0. The Morgan fingerprint density at radius 3 is 2.58 bits per heavy atom. The van der Waals surface area contributed by atoms with E-state index < -0.39 is 0 Å². The molecule has 0 amide bonds. The van der Waals surface area contributed by atoms with Gasteiger partial charge in [0.1, 0.15) is 0 Å². The zero-order valence-corrected chi connectivity index (χ0v) is 10.8. The van der Waals surface area contributed by atoms with E-state index in [0.29, 0.717) is 0 Å². The minimum absolute atomic E-state index is 0. The number of rotatable bonds is 0. The van der Waals surface area contributed by atoms with Gasteiger partial charge in [0.05, 0.1) is 0 Å². The van der Waals surface area contributed by atoms with E-state index in [1.54, 1.807) is 0 Å². The normalized spacial score (nSPS) is 9.42. The van der Waals surface area contributed by atoms with Gasteiger partial charge in [-0.15, -0.1) is 16.8 Å². The molecule has 0 saturated heterocycles. The van der Waals surface area contributed by atoms with Crippen molar-refractivity contribution in [3.63, 3.8) is 0 Å². The van der Waals surface area contributed by atoms with Gasteiger partial charge in [-0.25, -0.2) is 0 Å². The van der Waals surface area contributed by atoms with Gasteiger partial charge >= 0.3 is 0 Å². The van der Waals surface area contributed by atoms with Gasteiger partial charge in [0.15, 0.2) is 0 Å². The maximum Gasteiger partial charge on any atom is 0 e. The fourth-order valence-electron chi connectivity index (χ4n) is 1.12. The van der Waals surface area contributed by atoms with Crippen LogP contribution in [0.15, 0.2) is 40.9 Å². The minimum atomic E-state index is 0. The summed E-state index contributed by atoms with van der Waals surface area (Å²) in [5.74, 6) is 0. The molecule has 2 aromatic carbocycles. The fraction of sp³-hybridized carbons (Fsp3) is 0. The zero-order valence-electron chi connectivity index (χ0n) is 6.42. The van der Waals surface area contributed by atoms with Crippen molar-refractivity contribution >= 4 is 26.7 Å². The third kappa shape index (κ3) is 1.96. The first-order valence-corrected chi connectivity index (χ1v) is 4.22. The first-order chi connectivity index (χ1) is 5.38. The molecule has 0 spiro atoms. The average Bonchev–Trinajstić information content (AvgIpc) is 2.06. The second-order valence-electron chi connectivity index (χ2n) is 2.38. The van der Waals surface area contributed by atoms with E-state index in [-0.39, 0.29) is 32.7 Å². The summed E-state index contributed by atoms with van der Waals surface area (Å²) in [6.45, 7) is 0. The third-order valence-electron chi connectivity index (χ3n) is 1.67. The predicted octanol–water partition coefficient (Wildman–Crippen LogP) is 3.40. The van der Waals surface area contributed by atoms with Gasteiger partial charge in [0, 0.05) is 32.7 Å². The van der Waals surface area contributed by atoms with E-state index in [9.17, 15) is 0 Å². The van der Waals surface area contributed by atoms with Gasteiger partial charge < -0.3 is 0 Å². The second kappa shape index (κ2) is 4.50. The summed E-state index contributed by atoms with van der Waals surface area (Å²) in [5.41, 5.74) is 0. The Labute approximate surface area is 105 Å². The smallest absolute Gasteiger partial charge is 0 e. The topological polar surface area (TPSA) is 0 Å². The maximum absolute atomic E-state index is 3.44. The van der Waals surface area contributed by atoms with E-state index in [2.05, 4.69) is 40.2 Å². The summed E-state index contributed by atoms with van der Waals surface area (Å²) in [5, 5.41) is 2.47. The van der Waals surface area contributed by atoms with Gasteiger partial charge in [-0.05, 0) is 0 Å². The summed E-state index contributed by atoms with van der Waals surface area (Å²) < 4.78 is 1.04. The number of benzene rings is 2. The molecule has 0 saturated carbocycles. The molecular weight excluding hydrogens is 289 g/mol. The SMILES string of the molecule is Brc1[c-]ccc2ccccc12.[Y]. The molecule has 0 bridgehead atoms. The monoisotopic (exact) mass is 294 g/mol. The molecule has 0 aliphatic heterocycles. The summed E-state index contributed by atoms with van der Waals surface area (Å²) in [6.07, 6.45) is 0. The van der Waals surface area contributed by atoms with Gasteiger partial charge in [0.2, 0.25) is 0 Å². The number of hydrogen-bond donors (Lipinski definition) is 0. The Morgan fingerprint density at radius 2 is 1.83 bits per heavy atom. The Morgan fingerprint density at radius 1 is 1.08 bits per heavy atom. The standard InChI is InChI=1S/C10H6Br.Y/c11-10-7-3-5-8-4-1-2-6-9(8)10;/h1-6H;/q-1;. The maximum atomic E-state index is 3.44. The Bertz CT molecular complexity index is 379. The van der Waals surface area contributed by atoms with Gasteiger partial charge in [-0.3, -0.25) is 0 Å². The van der Waals surface area contributed by atoms with E-state index in [1.165, 1.54) is 10.8 Å². The molecule has 0 fully saturated rings. The van der Waals surface area contributed by atoms with Crippen molar-refractivity contribution in [2.24, 2.45) is 0 Å². The quantitative estimate of drug-likeness (QED) is 0.653. The van der Waals surface area contributed by atoms with Crippen molar-refractivity contribution in [1.82, 2.24) is 0 Å². The Kier molecular flexibility index (Phi) is 3.89. The molecular formula is C10H6BrY-. The predicted molar refractivity (Wildman–Crippen MR) is 50.5 cm³/mol. The summed E-state index contributed by atoms with van der Waals surface area (Å²) >= 11 is 3.44. The molecule has 0 unspecified atom stereocenters. The van der Waals surface area contributed by atoms with Gasteiger partial charge in [-0.2, -0.15) is 18.2 Å². The molecule has 57 valence electrons. The molecule has 0 aromatic heterocycles. The number of fused-ring (bicyclic) bond motifs is 1. The Balaban J connectivity index is 0.000000720. The van der Waals surface area contributed by atoms with Crippen molar-refractivity contribution < 1.29 is 32.7 Å². The van der Waals surface area contributed by atoms with Crippen LogP contribution < -0.4 is 0 Å². The van der Waals surface area contributed by atoms with Crippen LogP contribution in [-0.4, -0.2) is 0 Å². The van der Waals surface area contributed by atoms with Crippen LogP contribution in [0.3, 0.4) is 0 Å². The van der Waals surface area contributed by atoms with Gasteiger partial charge in [-0.1, -0.05) is 38.6 Å². The largest absolute Gasteiger partial charge is 0.175 e. The van der Waals surface area contributed by atoms with Crippen LogP contribution in [0.25, 0.3) is 10.8 Å². The summed E-state index contributed by atoms with van der Waals surface area (Å²) in [6, 6.07) is 15.3. The molecule has 0 N–H and O–H groups in total. The molecule has 2 rings (SSSR count). The van der Waals surface area contributed by atoms with Crippen molar-refractivity contribution in [1.29, 1.82) is 0 Å². The number of halogens is 1. The van der Waals surface area contributed by atoms with Gasteiger partial charge in [0.25, 0.3) is 0 Å². The molecule has 0 atom stereocenters. The first-order valence-electron chi connectivity index (χ1n) is 3.43. The van der Waals surface area contributed by atoms with Crippen LogP contribution in [0.2, 0.25) is 0 Å². The molecule has 2 aromatic rings. The molecule has 0 aliphatic rings. The molecule has 1 radical (unpaired) electrons. The average molecular weight is 295 g/mol. The van der Waals surface area contributed by atoms with Crippen LogP contribution in [0.4, 0.5) is 0 Å². The van der Waals surface area contributed by atoms with Crippen LogP contribution in [-0.2, 0) is 32.7 Å². The van der Waals surface area contributed by atoms with Crippen LogP contribution in [0.5, 0.6) is 0 Å². The van der Waals surface area contributed by atoms with Crippen molar-refractivity contribution in [3.05, 3.63) is 46.9 Å². The first kappa shape index (κ1) is 10.4. The van der Waals surface area contributed by atoms with Crippen LogP contribution in [0.1, 0.15) is 0 Å². The molecule has 12 heavy (non-hydrogen) atoms.